The molecule has 0 unspecified atom stereocenters. The minimum Gasteiger partial charge on any atom is -0.497 e. The normalized spacial score (nSPS) is 14.4. The first-order valence-electron chi connectivity index (χ1n) is 9.20. The van der Waals surface area contributed by atoms with Crippen LogP contribution in [0.15, 0.2) is 52.1 Å². The number of guanidine groups is 1. The van der Waals surface area contributed by atoms with Gasteiger partial charge in [-0.05, 0) is 36.8 Å². The fourth-order valence-corrected chi connectivity index (χ4v) is 3.04. The average molecular weight is 498 g/mol. The Kier molecular flexibility index (Phi) is 8.62. The van der Waals surface area contributed by atoms with Crippen molar-refractivity contribution >= 4 is 35.8 Å². The van der Waals surface area contributed by atoms with Gasteiger partial charge >= 0.3 is 0 Å². The van der Waals surface area contributed by atoms with Gasteiger partial charge in [-0.2, -0.15) is 0 Å². The summed E-state index contributed by atoms with van der Waals surface area (Å²) in [7, 11) is 1.66. The minimum atomic E-state index is -0.0574. The summed E-state index contributed by atoms with van der Waals surface area (Å²) in [4.78, 5) is 21.2. The molecule has 1 aliphatic rings. The maximum Gasteiger partial charge on any atom is 0.289 e. The summed E-state index contributed by atoms with van der Waals surface area (Å²) in [6, 6.07) is 11.4. The van der Waals surface area contributed by atoms with Crippen LogP contribution in [0.4, 0.5) is 0 Å². The molecule has 1 aromatic heterocycles. The molecule has 0 radical (unpaired) electrons. The Labute approximate surface area is 182 Å². The molecule has 28 heavy (non-hydrogen) atoms. The zero-order valence-electron chi connectivity index (χ0n) is 16.3. The van der Waals surface area contributed by atoms with Crippen molar-refractivity contribution in [2.75, 3.05) is 39.8 Å². The van der Waals surface area contributed by atoms with Gasteiger partial charge in [0.15, 0.2) is 11.7 Å². The maximum absolute atomic E-state index is 12.4. The SMILES string of the molecule is CCNC(=NCc1cccc(OC)c1)N1CCN(C(=O)c2ccco2)CC1.I. The molecular weight excluding hydrogens is 471 g/mol. The molecular formula is C20H27IN4O3. The third-order valence-electron chi connectivity index (χ3n) is 4.48. The van der Waals surface area contributed by atoms with Gasteiger partial charge in [0.2, 0.25) is 0 Å². The van der Waals surface area contributed by atoms with Crippen molar-refractivity contribution in [3.63, 3.8) is 0 Å². The number of carbonyl (C=O) groups excluding carboxylic acids is 1. The number of halogens is 1. The van der Waals surface area contributed by atoms with Crippen LogP contribution in [0.2, 0.25) is 0 Å². The molecule has 0 spiro atoms. The van der Waals surface area contributed by atoms with E-state index in [-0.39, 0.29) is 29.9 Å². The number of ether oxygens (including phenoxy) is 1. The number of nitrogens with one attached hydrogen (secondary N) is 1. The van der Waals surface area contributed by atoms with Crippen LogP contribution in [0.25, 0.3) is 0 Å². The maximum atomic E-state index is 12.4. The Morgan fingerprint density at radius 1 is 1.18 bits per heavy atom. The highest BCUT2D eigenvalue weighted by Gasteiger charge is 2.25. The fraction of sp³-hybridized carbons (Fsp3) is 0.400. The second-order valence-corrected chi connectivity index (χ2v) is 6.28. The lowest BCUT2D eigenvalue weighted by atomic mass is 10.2. The summed E-state index contributed by atoms with van der Waals surface area (Å²) < 4.78 is 10.5. The highest BCUT2D eigenvalue weighted by Crippen LogP contribution is 2.14. The smallest absolute Gasteiger partial charge is 0.289 e. The van der Waals surface area contributed by atoms with Crippen molar-refractivity contribution in [2.24, 2.45) is 4.99 Å². The summed E-state index contributed by atoms with van der Waals surface area (Å²) in [5.41, 5.74) is 1.09. The predicted octanol–water partition coefficient (Wildman–Crippen LogP) is 2.83. The monoisotopic (exact) mass is 498 g/mol. The second kappa shape index (κ2) is 10.9. The van der Waals surface area contributed by atoms with Crippen LogP contribution in [0.1, 0.15) is 23.0 Å². The number of aliphatic imine (C=N–C) groups is 1. The van der Waals surface area contributed by atoms with E-state index in [1.807, 2.05) is 29.2 Å². The van der Waals surface area contributed by atoms with E-state index in [0.29, 0.717) is 25.4 Å². The summed E-state index contributed by atoms with van der Waals surface area (Å²) in [6.45, 7) is 6.17. The molecule has 3 rings (SSSR count). The molecule has 0 atom stereocenters. The van der Waals surface area contributed by atoms with E-state index in [4.69, 9.17) is 14.1 Å². The lowest BCUT2D eigenvalue weighted by Gasteiger charge is -2.36. The highest BCUT2D eigenvalue weighted by atomic mass is 127. The first-order chi connectivity index (χ1) is 13.2. The number of hydrogen-bond acceptors (Lipinski definition) is 4. The first kappa shape index (κ1) is 22.1. The molecule has 7 nitrogen and oxygen atoms in total. The number of piperazine rings is 1. The van der Waals surface area contributed by atoms with E-state index >= 15 is 0 Å². The van der Waals surface area contributed by atoms with Crippen molar-refractivity contribution in [1.82, 2.24) is 15.1 Å². The lowest BCUT2D eigenvalue weighted by Crippen LogP contribution is -2.53. The lowest BCUT2D eigenvalue weighted by molar-refractivity contribution is 0.0657. The van der Waals surface area contributed by atoms with E-state index in [1.54, 1.807) is 19.2 Å². The van der Waals surface area contributed by atoms with E-state index < -0.39 is 0 Å². The van der Waals surface area contributed by atoms with Crippen molar-refractivity contribution < 1.29 is 13.9 Å². The van der Waals surface area contributed by atoms with Crippen LogP contribution in [-0.4, -0.2) is 61.5 Å². The van der Waals surface area contributed by atoms with Gasteiger partial charge in [0.1, 0.15) is 5.75 Å². The molecule has 0 aliphatic carbocycles. The molecule has 0 bridgehead atoms. The molecule has 1 N–H and O–H groups in total. The molecule has 1 saturated heterocycles. The molecule has 2 aromatic rings. The Morgan fingerprint density at radius 2 is 1.93 bits per heavy atom. The van der Waals surface area contributed by atoms with Gasteiger partial charge in [-0.1, -0.05) is 12.1 Å². The Balaban J connectivity index is 0.00000280. The third-order valence-corrected chi connectivity index (χ3v) is 4.48. The summed E-state index contributed by atoms with van der Waals surface area (Å²) >= 11 is 0. The molecule has 1 aromatic carbocycles. The predicted molar refractivity (Wildman–Crippen MR) is 119 cm³/mol. The Hall–Kier alpha value is -2.23. The average Bonchev–Trinajstić information content (AvgIpc) is 3.26. The molecule has 1 aliphatic heterocycles. The number of rotatable bonds is 5. The number of benzene rings is 1. The summed E-state index contributed by atoms with van der Waals surface area (Å²) in [5, 5.41) is 3.35. The van der Waals surface area contributed by atoms with Gasteiger partial charge in [0.25, 0.3) is 5.91 Å². The van der Waals surface area contributed by atoms with Gasteiger partial charge < -0.3 is 24.3 Å². The summed E-state index contributed by atoms with van der Waals surface area (Å²) in [5.74, 6) is 2.03. The fourth-order valence-electron chi connectivity index (χ4n) is 3.04. The minimum absolute atomic E-state index is 0. The van der Waals surface area contributed by atoms with Crippen molar-refractivity contribution in [2.45, 2.75) is 13.5 Å². The topological polar surface area (TPSA) is 70.3 Å². The van der Waals surface area contributed by atoms with Crippen molar-refractivity contribution in [3.8, 4) is 5.75 Å². The third kappa shape index (κ3) is 5.63. The molecule has 8 heteroatoms. The zero-order valence-corrected chi connectivity index (χ0v) is 18.6. The standard InChI is InChI=1S/C20H26N4O3.HI/c1-3-21-20(22-15-16-6-4-7-17(14-16)26-2)24-11-9-23(10-12-24)19(25)18-8-5-13-27-18;/h4-8,13-14H,3,9-12,15H2,1-2H3,(H,21,22);1H. The first-order valence-corrected chi connectivity index (χ1v) is 9.20. The number of hydrogen-bond donors (Lipinski definition) is 1. The van der Waals surface area contributed by atoms with E-state index in [9.17, 15) is 4.79 Å². The van der Waals surface area contributed by atoms with Gasteiger partial charge in [-0.15, -0.1) is 24.0 Å². The van der Waals surface area contributed by atoms with Crippen molar-refractivity contribution in [1.29, 1.82) is 0 Å². The van der Waals surface area contributed by atoms with Gasteiger partial charge in [0, 0.05) is 32.7 Å². The van der Waals surface area contributed by atoms with Gasteiger partial charge in [-0.3, -0.25) is 4.79 Å². The van der Waals surface area contributed by atoms with E-state index in [1.165, 1.54) is 6.26 Å². The number of methoxy groups -OCH3 is 1. The molecule has 1 fully saturated rings. The molecule has 0 saturated carbocycles. The van der Waals surface area contributed by atoms with Gasteiger partial charge in [0.05, 0.1) is 19.9 Å². The number of nitrogens with zero attached hydrogens (tertiary/aromatic N) is 3. The molecule has 2 heterocycles. The van der Waals surface area contributed by atoms with Gasteiger partial charge in [-0.25, -0.2) is 4.99 Å². The quantitative estimate of drug-likeness (QED) is 0.390. The van der Waals surface area contributed by atoms with Crippen LogP contribution < -0.4 is 10.1 Å². The summed E-state index contributed by atoms with van der Waals surface area (Å²) in [6.07, 6.45) is 1.53. The zero-order chi connectivity index (χ0) is 19.1. The van der Waals surface area contributed by atoms with Crippen LogP contribution in [0.5, 0.6) is 5.75 Å². The van der Waals surface area contributed by atoms with Crippen LogP contribution >= 0.6 is 24.0 Å². The van der Waals surface area contributed by atoms with E-state index in [2.05, 4.69) is 17.1 Å². The second-order valence-electron chi connectivity index (χ2n) is 6.28. The highest BCUT2D eigenvalue weighted by molar-refractivity contribution is 14.0. The van der Waals surface area contributed by atoms with Crippen LogP contribution in [-0.2, 0) is 6.54 Å². The van der Waals surface area contributed by atoms with Crippen molar-refractivity contribution in [3.05, 3.63) is 54.0 Å². The molecule has 152 valence electrons. The van der Waals surface area contributed by atoms with Crippen LogP contribution in [0.3, 0.4) is 0 Å². The van der Waals surface area contributed by atoms with Crippen LogP contribution in [0, 0.1) is 0 Å². The Bertz CT molecular complexity index is 772. The number of furan rings is 1. The number of amides is 1. The Morgan fingerprint density at radius 3 is 2.57 bits per heavy atom. The van der Waals surface area contributed by atoms with E-state index in [0.717, 1.165) is 36.9 Å². The number of carbonyl (C=O) groups is 1. The molecule has 1 amide bonds. The largest absolute Gasteiger partial charge is 0.497 e.